The van der Waals surface area contributed by atoms with Gasteiger partial charge in [0.05, 0.1) is 37.7 Å². The van der Waals surface area contributed by atoms with E-state index in [1.807, 2.05) is 13.0 Å². The molecular weight excluding hydrogens is 479 g/mol. The number of carbonyl (C=O) groups is 2. The third-order valence-corrected chi connectivity index (χ3v) is 5.67. The molecule has 0 saturated heterocycles. The number of rotatable bonds is 4. The summed E-state index contributed by atoms with van der Waals surface area (Å²) in [5, 5.41) is 0. The van der Waals surface area contributed by atoms with E-state index in [9.17, 15) is 14.0 Å². The second-order valence-corrected chi connectivity index (χ2v) is 7.82. The van der Waals surface area contributed by atoms with Crippen molar-refractivity contribution < 1.29 is 28.2 Å². The molecule has 0 unspecified atom stereocenters. The van der Waals surface area contributed by atoms with Crippen LogP contribution in [0.4, 0.5) is 4.39 Å². The number of aryl methyl sites for hydroxylation is 1. The quantitative estimate of drug-likeness (QED) is 0.373. The predicted molar refractivity (Wildman–Crippen MR) is 131 cm³/mol. The summed E-state index contributed by atoms with van der Waals surface area (Å²) in [4.78, 5) is 38.6. The van der Waals surface area contributed by atoms with Gasteiger partial charge in [-0.05, 0) is 41.8 Å². The number of hydrogen-bond acceptors (Lipinski definition) is 9. The summed E-state index contributed by atoms with van der Waals surface area (Å²) in [6.45, 7) is 2.33. The largest absolute Gasteiger partial charge is 0.485 e. The average molecular weight is 503 g/mol. The van der Waals surface area contributed by atoms with Gasteiger partial charge in [0, 0.05) is 11.1 Å². The molecule has 0 amide bonds. The van der Waals surface area contributed by atoms with Crippen LogP contribution in [0.1, 0.15) is 38.8 Å². The Kier molecular flexibility index (Phi) is 7.77. The molecule has 4 aromatic rings. The van der Waals surface area contributed by atoms with E-state index in [0.717, 1.165) is 28.6 Å². The SMILES string of the molecule is CCc1cc(C(=O)OC)ccc1-c1ncncc1F.COC(=O)c1ccc2c(c1)COc1cncnc1-2. The second kappa shape index (κ2) is 11.3. The highest BCUT2D eigenvalue weighted by Crippen LogP contribution is 2.35. The number of methoxy groups -OCH3 is 2. The first-order valence-corrected chi connectivity index (χ1v) is 11.3. The number of hydrogen-bond donors (Lipinski definition) is 0. The molecule has 0 spiro atoms. The van der Waals surface area contributed by atoms with Gasteiger partial charge in [-0.1, -0.05) is 19.1 Å². The van der Waals surface area contributed by atoms with E-state index in [4.69, 9.17) is 9.47 Å². The van der Waals surface area contributed by atoms with Crippen molar-refractivity contribution in [1.29, 1.82) is 0 Å². The molecule has 2 aromatic carbocycles. The van der Waals surface area contributed by atoms with Crippen LogP contribution < -0.4 is 4.74 Å². The molecule has 0 aliphatic carbocycles. The van der Waals surface area contributed by atoms with Gasteiger partial charge in [0.2, 0.25) is 0 Å². The van der Waals surface area contributed by atoms with Crippen LogP contribution in [-0.4, -0.2) is 46.1 Å². The highest BCUT2D eigenvalue weighted by atomic mass is 19.1. The number of esters is 2. The number of benzene rings is 2. The molecule has 5 rings (SSSR count). The van der Waals surface area contributed by atoms with Gasteiger partial charge < -0.3 is 14.2 Å². The van der Waals surface area contributed by atoms with E-state index < -0.39 is 11.8 Å². The molecule has 10 heteroatoms. The van der Waals surface area contributed by atoms with Crippen LogP contribution in [0.15, 0.2) is 61.4 Å². The maximum atomic E-state index is 13.7. The van der Waals surface area contributed by atoms with Crippen LogP contribution in [0.3, 0.4) is 0 Å². The minimum absolute atomic E-state index is 0.239. The highest BCUT2D eigenvalue weighted by Gasteiger charge is 2.20. The smallest absolute Gasteiger partial charge is 0.337 e. The van der Waals surface area contributed by atoms with Gasteiger partial charge in [0.1, 0.15) is 30.6 Å². The second-order valence-electron chi connectivity index (χ2n) is 7.82. The van der Waals surface area contributed by atoms with E-state index >= 15 is 0 Å². The Hall–Kier alpha value is -4.73. The standard InChI is InChI=1S/C14H13FN2O2.C13H10N2O3/c1-3-9-6-10(14(18)19-2)4-5-11(9)13-12(15)7-16-8-17-13;1-17-13(16)8-2-3-10-9(4-8)6-18-11-5-14-7-15-12(10)11/h4-8H,3H2,1-2H3;2-5,7H,6H2,1H3. The van der Waals surface area contributed by atoms with E-state index in [2.05, 4.69) is 24.7 Å². The number of aromatic nitrogens is 4. The van der Waals surface area contributed by atoms with E-state index in [0.29, 0.717) is 35.5 Å². The Balaban J connectivity index is 0.000000173. The van der Waals surface area contributed by atoms with Crippen molar-refractivity contribution in [2.24, 2.45) is 0 Å². The Labute approximate surface area is 212 Å². The average Bonchev–Trinajstić information content (AvgIpc) is 2.96. The fourth-order valence-corrected chi connectivity index (χ4v) is 3.84. The van der Waals surface area contributed by atoms with Crippen molar-refractivity contribution in [3.05, 3.63) is 89.5 Å². The maximum Gasteiger partial charge on any atom is 0.337 e. The summed E-state index contributed by atoms with van der Waals surface area (Å²) in [6.07, 6.45) is 6.19. The van der Waals surface area contributed by atoms with Gasteiger partial charge >= 0.3 is 11.9 Å². The first-order valence-electron chi connectivity index (χ1n) is 11.3. The van der Waals surface area contributed by atoms with Crippen molar-refractivity contribution in [3.8, 4) is 28.3 Å². The molecule has 0 radical (unpaired) electrons. The van der Waals surface area contributed by atoms with Crippen LogP contribution in [0.5, 0.6) is 5.75 Å². The molecule has 0 saturated carbocycles. The van der Waals surface area contributed by atoms with Crippen molar-refractivity contribution >= 4 is 11.9 Å². The first kappa shape index (κ1) is 25.4. The third kappa shape index (κ3) is 5.43. The molecule has 37 heavy (non-hydrogen) atoms. The number of ether oxygens (including phenoxy) is 3. The summed E-state index contributed by atoms with van der Waals surface area (Å²) in [5.74, 6) is -0.588. The Morgan fingerprint density at radius 2 is 1.51 bits per heavy atom. The lowest BCUT2D eigenvalue weighted by Crippen LogP contribution is -2.09. The monoisotopic (exact) mass is 502 g/mol. The molecule has 0 fully saturated rings. The van der Waals surface area contributed by atoms with Gasteiger partial charge in [0.25, 0.3) is 0 Å². The summed E-state index contributed by atoms with van der Waals surface area (Å²) in [5.41, 5.74) is 5.33. The number of nitrogens with zero attached hydrogens (tertiary/aromatic N) is 4. The minimum Gasteiger partial charge on any atom is -0.485 e. The molecule has 0 atom stereocenters. The maximum absolute atomic E-state index is 13.7. The lowest BCUT2D eigenvalue weighted by molar-refractivity contribution is 0.0591. The number of fused-ring (bicyclic) bond motifs is 3. The summed E-state index contributed by atoms with van der Waals surface area (Å²) >= 11 is 0. The predicted octanol–water partition coefficient (Wildman–Crippen LogP) is 4.45. The van der Waals surface area contributed by atoms with Crippen LogP contribution in [-0.2, 0) is 22.5 Å². The van der Waals surface area contributed by atoms with Crippen molar-refractivity contribution in [1.82, 2.24) is 19.9 Å². The molecule has 9 nitrogen and oxygen atoms in total. The lowest BCUT2D eigenvalue weighted by atomic mass is 9.99. The van der Waals surface area contributed by atoms with E-state index in [-0.39, 0.29) is 11.7 Å². The molecule has 3 heterocycles. The molecule has 1 aliphatic heterocycles. The molecular formula is C27H23FN4O5. The Morgan fingerprint density at radius 3 is 2.16 bits per heavy atom. The minimum atomic E-state index is -0.483. The summed E-state index contributed by atoms with van der Waals surface area (Å²) in [7, 11) is 2.69. The zero-order chi connectivity index (χ0) is 26.4. The van der Waals surface area contributed by atoms with Crippen LogP contribution in [0.25, 0.3) is 22.5 Å². The van der Waals surface area contributed by atoms with Crippen LogP contribution in [0.2, 0.25) is 0 Å². The molecule has 2 aromatic heterocycles. The van der Waals surface area contributed by atoms with Crippen molar-refractivity contribution in [2.45, 2.75) is 20.0 Å². The van der Waals surface area contributed by atoms with Crippen molar-refractivity contribution in [2.75, 3.05) is 14.2 Å². The van der Waals surface area contributed by atoms with Gasteiger partial charge in [-0.2, -0.15) is 0 Å². The molecule has 188 valence electrons. The number of carbonyl (C=O) groups excluding carboxylic acids is 2. The van der Waals surface area contributed by atoms with E-state index in [1.54, 1.807) is 36.5 Å². The highest BCUT2D eigenvalue weighted by molar-refractivity contribution is 5.91. The fourth-order valence-electron chi connectivity index (χ4n) is 3.84. The Bertz CT molecular complexity index is 1460. The van der Waals surface area contributed by atoms with Gasteiger partial charge in [-0.25, -0.2) is 33.9 Å². The van der Waals surface area contributed by atoms with Crippen LogP contribution >= 0.6 is 0 Å². The molecule has 0 bridgehead atoms. The first-order chi connectivity index (χ1) is 18.0. The fraction of sp³-hybridized carbons (Fsp3) is 0.185. The van der Waals surface area contributed by atoms with Gasteiger partial charge in [-0.15, -0.1) is 0 Å². The normalized spacial score (nSPS) is 11.1. The summed E-state index contributed by atoms with van der Waals surface area (Å²) in [6, 6.07) is 10.3. The molecule has 1 aliphatic rings. The van der Waals surface area contributed by atoms with Crippen molar-refractivity contribution in [3.63, 3.8) is 0 Å². The zero-order valence-corrected chi connectivity index (χ0v) is 20.4. The van der Waals surface area contributed by atoms with Gasteiger partial charge in [-0.3, -0.25) is 0 Å². The van der Waals surface area contributed by atoms with Crippen LogP contribution in [0, 0.1) is 5.82 Å². The topological polar surface area (TPSA) is 113 Å². The zero-order valence-electron chi connectivity index (χ0n) is 20.4. The number of halogens is 1. The van der Waals surface area contributed by atoms with Gasteiger partial charge in [0.15, 0.2) is 11.6 Å². The van der Waals surface area contributed by atoms with E-state index in [1.165, 1.54) is 26.9 Å². The summed E-state index contributed by atoms with van der Waals surface area (Å²) < 4.78 is 28.6. The Morgan fingerprint density at radius 1 is 0.892 bits per heavy atom. The molecule has 0 N–H and O–H groups in total. The third-order valence-electron chi connectivity index (χ3n) is 5.67. The lowest BCUT2D eigenvalue weighted by Gasteiger charge is -2.19.